The number of carboxylic acids is 4. The topological polar surface area (TPSA) is 149 Å². The van der Waals surface area contributed by atoms with Crippen molar-refractivity contribution in [3.05, 3.63) is 58.7 Å². The predicted molar refractivity (Wildman–Crippen MR) is 81.2 cm³/mol. The normalized spacial score (nSPS) is 14.7. The summed E-state index contributed by atoms with van der Waals surface area (Å²) in [4.78, 5) is 44.2. The zero-order valence-electron chi connectivity index (χ0n) is 12.4. The Labute approximate surface area is 136 Å². The Morgan fingerprint density at radius 1 is 0.917 bits per heavy atom. The van der Waals surface area contributed by atoms with Crippen LogP contribution in [0.3, 0.4) is 0 Å². The second-order valence-electron chi connectivity index (χ2n) is 4.84. The molecular weight excluding hydrogens is 320 g/mol. The first kappa shape index (κ1) is 18.6. The predicted octanol–water partition coefficient (Wildman–Crippen LogP) is 1.38. The highest BCUT2D eigenvalue weighted by Crippen LogP contribution is 2.29. The summed E-state index contributed by atoms with van der Waals surface area (Å²) in [5.74, 6) is -5.84. The fourth-order valence-electron chi connectivity index (χ4n) is 2.05. The van der Waals surface area contributed by atoms with Crippen molar-refractivity contribution in [1.82, 2.24) is 0 Å². The Morgan fingerprint density at radius 3 is 1.92 bits per heavy atom. The van der Waals surface area contributed by atoms with E-state index in [2.05, 4.69) is 13.2 Å². The van der Waals surface area contributed by atoms with Gasteiger partial charge >= 0.3 is 23.9 Å². The zero-order valence-corrected chi connectivity index (χ0v) is 12.4. The molecule has 0 spiro atoms. The Bertz CT molecular complexity index is 761. The summed E-state index contributed by atoms with van der Waals surface area (Å²) in [6, 6.07) is 0. The number of carbonyl (C=O) groups is 4. The van der Waals surface area contributed by atoms with Crippen LogP contribution >= 0.6 is 0 Å². The Hall–Kier alpha value is -3.42. The van der Waals surface area contributed by atoms with Gasteiger partial charge in [0, 0.05) is 0 Å². The van der Waals surface area contributed by atoms with Gasteiger partial charge in [-0.1, -0.05) is 13.2 Å². The molecule has 1 rings (SSSR count). The maximum atomic E-state index is 11.2. The third kappa shape index (κ3) is 4.07. The van der Waals surface area contributed by atoms with Crippen molar-refractivity contribution in [2.24, 2.45) is 0 Å². The Balaban J connectivity index is 3.31. The maximum absolute atomic E-state index is 11.2. The molecular formula is C16H14O8. The molecule has 0 aromatic heterocycles. The highest BCUT2D eigenvalue weighted by atomic mass is 16.4. The van der Waals surface area contributed by atoms with Crippen molar-refractivity contribution in [3.63, 3.8) is 0 Å². The van der Waals surface area contributed by atoms with Crippen LogP contribution in [0.25, 0.3) is 0 Å². The van der Waals surface area contributed by atoms with Crippen LogP contribution in [-0.4, -0.2) is 44.3 Å². The lowest BCUT2D eigenvalue weighted by atomic mass is 9.88. The van der Waals surface area contributed by atoms with Gasteiger partial charge < -0.3 is 20.4 Å². The van der Waals surface area contributed by atoms with E-state index in [4.69, 9.17) is 20.4 Å². The van der Waals surface area contributed by atoms with E-state index in [0.717, 1.165) is 12.2 Å². The first-order valence-corrected chi connectivity index (χ1v) is 6.53. The molecule has 0 saturated carbocycles. The van der Waals surface area contributed by atoms with Gasteiger partial charge in [-0.05, 0) is 36.1 Å². The van der Waals surface area contributed by atoms with E-state index in [0.29, 0.717) is 5.57 Å². The molecule has 0 unspecified atom stereocenters. The number of hydrogen-bond acceptors (Lipinski definition) is 4. The molecule has 0 atom stereocenters. The van der Waals surface area contributed by atoms with Gasteiger partial charge in [0.2, 0.25) is 0 Å². The van der Waals surface area contributed by atoms with Gasteiger partial charge in [-0.25, -0.2) is 19.2 Å². The van der Waals surface area contributed by atoms with Gasteiger partial charge in [-0.3, -0.25) is 0 Å². The summed E-state index contributed by atoms with van der Waals surface area (Å²) in [5.41, 5.74) is -1.57. The lowest BCUT2D eigenvalue weighted by Gasteiger charge is -2.16. The summed E-state index contributed by atoms with van der Waals surface area (Å²) < 4.78 is 0. The average molecular weight is 334 g/mol. The lowest BCUT2D eigenvalue weighted by molar-refractivity contribution is -0.136. The molecule has 126 valence electrons. The molecule has 0 saturated heterocycles. The molecule has 8 nitrogen and oxygen atoms in total. The molecule has 24 heavy (non-hydrogen) atoms. The molecule has 0 radical (unpaired) electrons. The molecule has 1 aliphatic rings. The molecule has 0 aromatic rings. The van der Waals surface area contributed by atoms with Crippen LogP contribution < -0.4 is 0 Å². The number of hydrogen-bond donors (Lipinski definition) is 4. The van der Waals surface area contributed by atoms with E-state index >= 15 is 0 Å². The van der Waals surface area contributed by atoms with Gasteiger partial charge in [0.15, 0.2) is 0 Å². The molecule has 0 bridgehead atoms. The second-order valence-corrected chi connectivity index (χ2v) is 4.84. The van der Waals surface area contributed by atoms with Crippen molar-refractivity contribution in [3.8, 4) is 0 Å². The minimum Gasteiger partial charge on any atom is -0.478 e. The minimum atomic E-state index is -1.53. The molecule has 0 heterocycles. The summed E-state index contributed by atoms with van der Waals surface area (Å²) in [6.45, 7) is 6.76. The van der Waals surface area contributed by atoms with E-state index < -0.39 is 40.6 Å². The molecule has 0 amide bonds. The van der Waals surface area contributed by atoms with Crippen LogP contribution in [0.4, 0.5) is 0 Å². The lowest BCUT2D eigenvalue weighted by Crippen LogP contribution is -2.15. The van der Waals surface area contributed by atoms with E-state index in [1.807, 2.05) is 0 Å². The molecule has 4 N–H and O–H groups in total. The van der Waals surface area contributed by atoms with Crippen molar-refractivity contribution < 1.29 is 39.6 Å². The van der Waals surface area contributed by atoms with Gasteiger partial charge in [-0.2, -0.15) is 0 Å². The van der Waals surface area contributed by atoms with Crippen LogP contribution in [0.15, 0.2) is 58.7 Å². The van der Waals surface area contributed by atoms with E-state index in [1.165, 1.54) is 0 Å². The fourth-order valence-corrected chi connectivity index (χ4v) is 2.05. The summed E-state index contributed by atoms with van der Waals surface area (Å²) in [7, 11) is 0. The third-order valence-corrected chi connectivity index (χ3v) is 3.32. The van der Waals surface area contributed by atoms with Gasteiger partial charge in [-0.15, -0.1) is 0 Å². The van der Waals surface area contributed by atoms with Crippen LogP contribution in [0.2, 0.25) is 0 Å². The summed E-state index contributed by atoms with van der Waals surface area (Å²) in [5, 5.41) is 36.0. The minimum absolute atomic E-state index is 0.0676. The number of rotatable bonds is 7. The highest BCUT2D eigenvalue weighted by Gasteiger charge is 2.24. The Morgan fingerprint density at radius 2 is 1.50 bits per heavy atom. The second kappa shape index (κ2) is 7.23. The molecule has 0 aromatic carbocycles. The van der Waals surface area contributed by atoms with Crippen molar-refractivity contribution in [2.75, 3.05) is 0 Å². The van der Waals surface area contributed by atoms with Gasteiger partial charge in [0.05, 0.1) is 22.3 Å². The van der Waals surface area contributed by atoms with E-state index in [-0.39, 0.29) is 24.0 Å². The molecule has 8 heteroatoms. The van der Waals surface area contributed by atoms with Gasteiger partial charge in [0.25, 0.3) is 0 Å². The first-order valence-electron chi connectivity index (χ1n) is 6.53. The van der Waals surface area contributed by atoms with Crippen LogP contribution in [-0.2, 0) is 19.2 Å². The molecule has 1 aliphatic carbocycles. The standard InChI is InChI=1S/C16H14O8/c1-7(5-11(15(21)22)8(2)13(17)18)9-3-4-10(14(19)20)12(6-9)16(23)24/h5-6H,1-4H2,(H,17,18)(H,19,20)(H,21,22)(H,23,24)/b11-5+. The number of aliphatic carboxylic acids is 4. The van der Waals surface area contributed by atoms with E-state index in [9.17, 15) is 19.2 Å². The average Bonchev–Trinajstić information content (AvgIpc) is 2.50. The van der Waals surface area contributed by atoms with Crippen molar-refractivity contribution >= 4 is 23.9 Å². The SMILES string of the molecule is C=C(/C=C(\C(=C)C(=O)O)C(=O)O)C1=CC(C(=O)O)=C(C(=O)O)CC1. The highest BCUT2D eigenvalue weighted by molar-refractivity contribution is 6.05. The van der Waals surface area contributed by atoms with Crippen LogP contribution in [0.1, 0.15) is 12.8 Å². The number of allylic oxidation sites excluding steroid dienone is 3. The quantitative estimate of drug-likeness (QED) is 0.403. The number of carboxylic acid groups (broad SMARTS) is 4. The third-order valence-electron chi connectivity index (χ3n) is 3.32. The zero-order chi connectivity index (χ0) is 18.6. The largest absolute Gasteiger partial charge is 0.478 e. The monoisotopic (exact) mass is 334 g/mol. The first-order chi connectivity index (χ1) is 11.1. The van der Waals surface area contributed by atoms with Crippen molar-refractivity contribution in [1.29, 1.82) is 0 Å². The fraction of sp³-hybridized carbons (Fsp3) is 0.125. The smallest absolute Gasteiger partial charge is 0.336 e. The van der Waals surface area contributed by atoms with Crippen molar-refractivity contribution in [2.45, 2.75) is 12.8 Å². The summed E-state index contributed by atoms with van der Waals surface area (Å²) >= 11 is 0. The molecule has 0 aliphatic heterocycles. The van der Waals surface area contributed by atoms with Crippen LogP contribution in [0.5, 0.6) is 0 Å². The maximum Gasteiger partial charge on any atom is 0.336 e. The van der Waals surface area contributed by atoms with Crippen LogP contribution in [0, 0.1) is 0 Å². The Kier molecular flexibility index (Phi) is 5.61. The van der Waals surface area contributed by atoms with E-state index in [1.54, 1.807) is 0 Å². The van der Waals surface area contributed by atoms with Gasteiger partial charge in [0.1, 0.15) is 0 Å². The molecule has 0 fully saturated rings. The summed E-state index contributed by atoms with van der Waals surface area (Å²) in [6.07, 6.45) is 2.12.